The lowest BCUT2D eigenvalue weighted by Crippen LogP contribution is -2.47. The van der Waals surface area contributed by atoms with Crippen molar-refractivity contribution in [2.24, 2.45) is 5.92 Å². The SMILES string of the molecule is CCc1cnccc1C(C)NC(=O)N1CCCC(C(=O)O)C1. The number of aliphatic carboxylic acids is 1. The van der Waals surface area contributed by atoms with Crippen LogP contribution >= 0.6 is 0 Å². The summed E-state index contributed by atoms with van der Waals surface area (Å²) in [5.74, 6) is -1.28. The number of carboxylic acid groups (broad SMARTS) is 1. The van der Waals surface area contributed by atoms with Crippen LogP contribution in [-0.2, 0) is 11.2 Å². The Bertz CT molecular complexity index is 547. The highest BCUT2D eigenvalue weighted by Gasteiger charge is 2.28. The fourth-order valence-corrected chi connectivity index (χ4v) is 2.87. The molecule has 120 valence electrons. The van der Waals surface area contributed by atoms with E-state index >= 15 is 0 Å². The van der Waals surface area contributed by atoms with Crippen LogP contribution in [0.2, 0.25) is 0 Å². The van der Waals surface area contributed by atoms with Crippen LogP contribution in [0, 0.1) is 5.92 Å². The maximum absolute atomic E-state index is 12.4. The first-order valence-electron chi connectivity index (χ1n) is 7.74. The summed E-state index contributed by atoms with van der Waals surface area (Å²) >= 11 is 0. The molecule has 0 aliphatic carbocycles. The summed E-state index contributed by atoms with van der Waals surface area (Å²) in [4.78, 5) is 29.2. The van der Waals surface area contributed by atoms with Crippen LogP contribution in [0.1, 0.15) is 43.9 Å². The number of pyridine rings is 1. The molecule has 1 fully saturated rings. The molecule has 22 heavy (non-hydrogen) atoms. The van der Waals surface area contributed by atoms with Gasteiger partial charge in [0.05, 0.1) is 12.0 Å². The minimum absolute atomic E-state index is 0.129. The van der Waals surface area contributed by atoms with Crippen molar-refractivity contribution in [2.45, 2.75) is 39.2 Å². The minimum atomic E-state index is -0.826. The monoisotopic (exact) mass is 305 g/mol. The zero-order chi connectivity index (χ0) is 16.1. The lowest BCUT2D eigenvalue weighted by molar-refractivity contribution is -0.143. The van der Waals surface area contributed by atoms with E-state index in [-0.39, 0.29) is 18.6 Å². The highest BCUT2D eigenvalue weighted by Crippen LogP contribution is 2.20. The second-order valence-electron chi connectivity index (χ2n) is 5.72. The number of urea groups is 1. The molecule has 2 unspecified atom stereocenters. The van der Waals surface area contributed by atoms with Crippen molar-refractivity contribution in [1.82, 2.24) is 15.2 Å². The van der Waals surface area contributed by atoms with E-state index in [4.69, 9.17) is 5.11 Å². The lowest BCUT2D eigenvalue weighted by Gasteiger charge is -2.32. The van der Waals surface area contributed by atoms with Crippen molar-refractivity contribution >= 4 is 12.0 Å². The predicted molar refractivity (Wildman–Crippen MR) is 82.5 cm³/mol. The highest BCUT2D eigenvalue weighted by atomic mass is 16.4. The van der Waals surface area contributed by atoms with Crippen LogP contribution in [-0.4, -0.2) is 40.1 Å². The number of aryl methyl sites for hydroxylation is 1. The van der Waals surface area contributed by atoms with Crippen LogP contribution in [0.5, 0.6) is 0 Å². The van der Waals surface area contributed by atoms with Crippen LogP contribution in [0.3, 0.4) is 0 Å². The molecular formula is C16H23N3O3. The largest absolute Gasteiger partial charge is 0.481 e. The van der Waals surface area contributed by atoms with E-state index in [2.05, 4.69) is 17.2 Å². The number of nitrogens with one attached hydrogen (secondary N) is 1. The average Bonchev–Trinajstić information content (AvgIpc) is 2.54. The maximum Gasteiger partial charge on any atom is 0.317 e. The summed E-state index contributed by atoms with van der Waals surface area (Å²) in [7, 11) is 0. The van der Waals surface area contributed by atoms with Gasteiger partial charge in [-0.25, -0.2) is 4.79 Å². The predicted octanol–water partition coefficient (Wildman–Crippen LogP) is 2.21. The molecule has 2 heterocycles. The maximum atomic E-state index is 12.4. The molecule has 0 aromatic carbocycles. The molecule has 0 saturated carbocycles. The summed E-state index contributed by atoms with van der Waals surface area (Å²) < 4.78 is 0. The fraction of sp³-hybridized carbons (Fsp3) is 0.562. The van der Waals surface area contributed by atoms with Gasteiger partial charge in [0.1, 0.15) is 0 Å². The number of hydrogen-bond donors (Lipinski definition) is 2. The number of piperidine rings is 1. The van der Waals surface area contributed by atoms with Gasteiger partial charge in [-0.2, -0.15) is 0 Å². The summed E-state index contributed by atoms with van der Waals surface area (Å²) in [5.41, 5.74) is 2.16. The molecule has 6 heteroatoms. The van der Waals surface area contributed by atoms with E-state index in [0.29, 0.717) is 13.0 Å². The Morgan fingerprint density at radius 2 is 2.32 bits per heavy atom. The van der Waals surface area contributed by atoms with Gasteiger partial charge in [0.25, 0.3) is 0 Å². The average molecular weight is 305 g/mol. The van der Waals surface area contributed by atoms with E-state index in [1.807, 2.05) is 19.2 Å². The number of amides is 2. The Morgan fingerprint density at radius 1 is 1.55 bits per heavy atom. The molecule has 0 bridgehead atoms. The number of nitrogens with zero attached hydrogens (tertiary/aromatic N) is 2. The molecule has 1 saturated heterocycles. The third-order valence-electron chi connectivity index (χ3n) is 4.19. The minimum Gasteiger partial charge on any atom is -0.481 e. The highest BCUT2D eigenvalue weighted by molar-refractivity contribution is 5.77. The molecular weight excluding hydrogens is 282 g/mol. The standard InChI is InChI=1S/C16H23N3O3/c1-3-12-9-17-7-6-14(12)11(2)18-16(22)19-8-4-5-13(10-19)15(20)21/h6-7,9,11,13H,3-5,8,10H2,1-2H3,(H,18,22)(H,20,21). The smallest absolute Gasteiger partial charge is 0.317 e. The number of aromatic nitrogens is 1. The van der Waals surface area contributed by atoms with Gasteiger partial charge in [0, 0.05) is 25.5 Å². The number of carbonyl (C=O) groups is 2. The van der Waals surface area contributed by atoms with Crippen molar-refractivity contribution in [3.05, 3.63) is 29.6 Å². The second-order valence-corrected chi connectivity index (χ2v) is 5.72. The van der Waals surface area contributed by atoms with Gasteiger partial charge in [-0.05, 0) is 43.4 Å². The Hall–Kier alpha value is -2.11. The zero-order valence-electron chi connectivity index (χ0n) is 13.1. The Morgan fingerprint density at radius 3 is 3.00 bits per heavy atom. The second kappa shape index (κ2) is 7.24. The van der Waals surface area contributed by atoms with E-state index in [0.717, 1.165) is 24.0 Å². The van der Waals surface area contributed by atoms with Gasteiger partial charge >= 0.3 is 12.0 Å². The molecule has 0 spiro atoms. The first kappa shape index (κ1) is 16.3. The van der Waals surface area contributed by atoms with Gasteiger partial charge in [-0.15, -0.1) is 0 Å². The zero-order valence-corrected chi connectivity index (χ0v) is 13.1. The number of hydrogen-bond acceptors (Lipinski definition) is 3. The molecule has 2 rings (SSSR count). The van der Waals surface area contributed by atoms with Gasteiger partial charge in [0.2, 0.25) is 0 Å². The van der Waals surface area contributed by atoms with Crippen molar-refractivity contribution in [1.29, 1.82) is 0 Å². The summed E-state index contributed by atoms with van der Waals surface area (Å²) in [6.07, 6.45) is 5.76. The van der Waals surface area contributed by atoms with Gasteiger partial charge in [0.15, 0.2) is 0 Å². The molecule has 1 aromatic rings. The molecule has 0 radical (unpaired) electrons. The topological polar surface area (TPSA) is 82.5 Å². The summed E-state index contributed by atoms with van der Waals surface area (Å²) in [6.45, 7) is 4.88. The molecule has 1 aliphatic rings. The summed E-state index contributed by atoms with van der Waals surface area (Å²) in [6, 6.07) is 1.59. The first-order valence-corrected chi connectivity index (χ1v) is 7.74. The third-order valence-corrected chi connectivity index (χ3v) is 4.19. The molecule has 1 aliphatic heterocycles. The first-order chi connectivity index (χ1) is 10.5. The van der Waals surface area contributed by atoms with Gasteiger partial charge in [-0.3, -0.25) is 9.78 Å². The Balaban J connectivity index is 2.00. The van der Waals surface area contributed by atoms with E-state index < -0.39 is 11.9 Å². The fourth-order valence-electron chi connectivity index (χ4n) is 2.87. The number of carbonyl (C=O) groups excluding carboxylic acids is 1. The van der Waals surface area contributed by atoms with E-state index in [1.165, 1.54) is 0 Å². The number of rotatable bonds is 4. The van der Waals surface area contributed by atoms with Gasteiger partial charge in [-0.1, -0.05) is 6.92 Å². The van der Waals surface area contributed by atoms with E-state index in [9.17, 15) is 9.59 Å². The van der Waals surface area contributed by atoms with Crippen molar-refractivity contribution < 1.29 is 14.7 Å². The van der Waals surface area contributed by atoms with Crippen LogP contribution in [0.25, 0.3) is 0 Å². The molecule has 2 N–H and O–H groups in total. The van der Waals surface area contributed by atoms with E-state index in [1.54, 1.807) is 11.1 Å². The number of likely N-dealkylation sites (tertiary alicyclic amines) is 1. The van der Waals surface area contributed by atoms with Crippen LogP contribution < -0.4 is 5.32 Å². The summed E-state index contributed by atoms with van der Waals surface area (Å²) in [5, 5.41) is 12.1. The Kier molecular flexibility index (Phi) is 5.35. The molecule has 2 atom stereocenters. The van der Waals surface area contributed by atoms with Gasteiger partial charge < -0.3 is 15.3 Å². The molecule has 2 amide bonds. The Labute approximate surface area is 130 Å². The van der Waals surface area contributed by atoms with Crippen LogP contribution in [0.15, 0.2) is 18.5 Å². The van der Waals surface area contributed by atoms with Crippen molar-refractivity contribution in [3.63, 3.8) is 0 Å². The molecule has 6 nitrogen and oxygen atoms in total. The quantitative estimate of drug-likeness (QED) is 0.893. The number of carboxylic acids is 1. The van der Waals surface area contributed by atoms with Crippen LogP contribution in [0.4, 0.5) is 4.79 Å². The van der Waals surface area contributed by atoms with Crippen molar-refractivity contribution in [3.8, 4) is 0 Å². The third kappa shape index (κ3) is 3.75. The lowest BCUT2D eigenvalue weighted by atomic mass is 9.98. The normalized spacial score (nSPS) is 19.5. The molecule has 1 aromatic heterocycles. The van der Waals surface area contributed by atoms with Crippen molar-refractivity contribution in [2.75, 3.05) is 13.1 Å².